The third kappa shape index (κ3) is 5.79. The van der Waals surface area contributed by atoms with E-state index in [-0.39, 0.29) is 29.3 Å². The van der Waals surface area contributed by atoms with Gasteiger partial charge in [0.05, 0.1) is 47.6 Å². The smallest absolute Gasteiger partial charge is 0.407 e. The van der Waals surface area contributed by atoms with Crippen molar-refractivity contribution < 1.29 is 23.0 Å². The van der Waals surface area contributed by atoms with Crippen LogP contribution < -0.4 is 16.0 Å². The molecule has 0 unspecified atom stereocenters. The summed E-state index contributed by atoms with van der Waals surface area (Å²) in [6.45, 7) is 3.87. The molecule has 13 heteroatoms. The predicted molar refractivity (Wildman–Crippen MR) is 161 cm³/mol. The van der Waals surface area contributed by atoms with E-state index in [1.165, 1.54) is 19.2 Å². The van der Waals surface area contributed by atoms with Crippen molar-refractivity contribution in [3.63, 3.8) is 0 Å². The van der Waals surface area contributed by atoms with Crippen LogP contribution in [-0.4, -0.2) is 71.2 Å². The van der Waals surface area contributed by atoms with Gasteiger partial charge in [-0.05, 0) is 54.7 Å². The van der Waals surface area contributed by atoms with Crippen LogP contribution in [0.25, 0.3) is 16.8 Å². The lowest BCUT2D eigenvalue weighted by Gasteiger charge is -2.42. The summed E-state index contributed by atoms with van der Waals surface area (Å²) in [5.41, 5.74) is 8.08. The number of halogens is 2. The van der Waals surface area contributed by atoms with Gasteiger partial charge in [-0.2, -0.15) is 10.4 Å². The summed E-state index contributed by atoms with van der Waals surface area (Å²) >= 11 is 0. The van der Waals surface area contributed by atoms with Crippen LogP contribution in [0.4, 0.5) is 19.3 Å². The first-order valence-electron chi connectivity index (χ1n) is 14.8. The lowest BCUT2D eigenvalue weighted by molar-refractivity contribution is 0.0674. The zero-order valence-corrected chi connectivity index (χ0v) is 25.0. The number of aromatic nitrogens is 4. The Labute approximate surface area is 259 Å². The van der Waals surface area contributed by atoms with E-state index < -0.39 is 23.1 Å². The van der Waals surface area contributed by atoms with Crippen molar-refractivity contribution in [3.05, 3.63) is 77.5 Å². The molecule has 4 aromatic rings. The topological polar surface area (TPSA) is 144 Å². The average molecular weight is 617 g/mol. The molecule has 1 aromatic carbocycles. The van der Waals surface area contributed by atoms with Crippen molar-refractivity contribution in [1.82, 2.24) is 24.9 Å². The van der Waals surface area contributed by atoms with Gasteiger partial charge in [0.15, 0.2) is 0 Å². The van der Waals surface area contributed by atoms with Crippen molar-refractivity contribution in [1.29, 1.82) is 5.26 Å². The minimum atomic E-state index is -0.996. The van der Waals surface area contributed by atoms with Gasteiger partial charge in [-0.25, -0.2) is 23.1 Å². The molecule has 0 saturated carbocycles. The monoisotopic (exact) mass is 616 g/mol. The van der Waals surface area contributed by atoms with Crippen LogP contribution in [0.5, 0.6) is 0 Å². The number of piperidine rings is 1. The molecule has 6 rings (SSSR count). The average Bonchev–Trinajstić information content (AvgIpc) is 3.44. The summed E-state index contributed by atoms with van der Waals surface area (Å²) in [6, 6.07) is 9.35. The molecule has 0 bridgehead atoms. The van der Waals surface area contributed by atoms with Crippen LogP contribution in [0.3, 0.4) is 0 Å². The molecular formula is C32H34F2N8O3. The normalized spacial score (nSPS) is 21.3. The van der Waals surface area contributed by atoms with E-state index >= 15 is 8.78 Å². The molecule has 11 nitrogen and oxygen atoms in total. The Bertz CT molecular complexity index is 1730. The van der Waals surface area contributed by atoms with Crippen molar-refractivity contribution >= 4 is 17.3 Å². The summed E-state index contributed by atoms with van der Waals surface area (Å²) in [5.74, 6) is -0.978. The molecule has 5 heterocycles. The minimum Gasteiger partial charge on any atom is -0.453 e. The number of nitrogens with two attached hydrogens (primary N) is 1. The van der Waals surface area contributed by atoms with Crippen molar-refractivity contribution in [2.45, 2.75) is 43.7 Å². The summed E-state index contributed by atoms with van der Waals surface area (Å²) in [5, 5.41) is 17.3. The van der Waals surface area contributed by atoms with E-state index in [4.69, 9.17) is 15.2 Å². The molecule has 0 spiro atoms. The van der Waals surface area contributed by atoms with Gasteiger partial charge >= 0.3 is 6.09 Å². The summed E-state index contributed by atoms with van der Waals surface area (Å²) in [4.78, 5) is 22.9. The van der Waals surface area contributed by atoms with E-state index in [9.17, 15) is 10.1 Å². The second-order valence-electron chi connectivity index (χ2n) is 11.7. The lowest BCUT2D eigenvalue weighted by atomic mass is 9.75. The molecule has 234 valence electrons. The fraction of sp³-hybridized carbons (Fsp3) is 0.406. The summed E-state index contributed by atoms with van der Waals surface area (Å²) in [6.07, 6.45) is 5.69. The Kier molecular flexibility index (Phi) is 8.35. The highest BCUT2D eigenvalue weighted by atomic mass is 19.1. The van der Waals surface area contributed by atoms with Crippen molar-refractivity contribution in [2.75, 3.05) is 38.3 Å². The van der Waals surface area contributed by atoms with Crippen LogP contribution in [0, 0.1) is 28.9 Å². The molecule has 0 aliphatic carbocycles. The maximum absolute atomic E-state index is 15.6. The molecule has 45 heavy (non-hydrogen) atoms. The molecule has 1 amide bonds. The van der Waals surface area contributed by atoms with Gasteiger partial charge in [0.2, 0.25) is 0 Å². The number of carbonyl (C=O) groups is 1. The number of carbonyl (C=O) groups excluding carboxylic acids is 1. The zero-order valence-electron chi connectivity index (χ0n) is 25.0. The highest BCUT2D eigenvalue weighted by Crippen LogP contribution is 2.37. The number of anilines is 1. The number of nitrogens with zero attached hydrogens (tertiary/aromatic N) is 6. The second kappa shape index (κ2) is 12.4. The Morgan fingerprint density at radius 1 is 1.20 bits per heavy atom. The van der Waals surface area contributed by atoms with E-state index in [0.29, 0.717) is 62.5 Å². The summed E-state index contributed by atoms with van der Waals surface area (Å²) < 4.78 is 42.9. The number of benzene rings is 1. The maximum atomic E-state index is 15.6. The quantitative estimate of drug-likeness (QED) is 0.331. The fourth-order valence-electron chi connectivity index (χ4n) is 6.47. The highest BCUT2D eigenvalue weighted by molar-refractivity contribution is 5.68. The van der Waals surface area contributed by atoms with Gasteiger partial charge < -0.3 is 25.4 Å². The van der Waals surface area contributed by atoms with Gasteiger partial charge in [0, 0.05) is 62.4 Å². The number of methoxy groups -OCH3 is 1. The number of amides is 1. The number of alkyl carbamates (subject to hydrolysis) is 1. The van der Waals surface area contributed by atoms with Crippen molar-refractivity contribution in [2.24, 2.45) is 11.7 Å². The lowest BCUT2D eigenvalue weighted by Crippen LogP contribution is -2.62. The molecule has 3 aromatic heterocycles. The van der Waals surface area contributed by atoms with Gasteiger partial charge in [0.1, 0.15) is 17.5 Å². The van der Waals surface area contributed by atoms with Crippen LogP contribution in [0.1, 0.15) is 36.7 Å². The Balaban J connectivity index is 1.29. The molecular weight excluding hydrogens is 582 g/mol. The number of nitriles is 1. The largest absolute Gasteiger partial charge is 0.453 e. The van der Waals surface area contributed by atoms with E-state index in [1.54, 1.807) is 35.2 Å². The molecule has 2 aliphatic heterocycles. The maximum Gasteiger partial charge on any atom is 0.407 e. The molecule has 3 atom stereocenters. The number of rotatable bonds is 6. The summed E-state index contributed by atoms with van der Waals surface area (Å²) in [7, 11) is 1.32. The number of ether oxygens (including phenoxy) is 2. The Morgan fingerprint density at radius 2 is 1.96 bits per heavy atom. The number of hydrogen-bond acceptors (Lipinski definition) is 9. The number of pyridine rings is 1. The third-order valence-corrected chi connectivity index (χ3v) is 8.92. The number of fused-ring (bicyclic) bond motifs is 1. The first kappa shape index (κ1) is 30.4. The van der Waals surface area contributed by atoms with E-state index in [1.807, 2.05) is 13.0 Å². The minimum absolute atomic E-state index is 0.0380. The third-order valence-electron chi connectivity index (χ3n) is 8.92. The molecule has 0 radical (unpaired) electrons. The molecule has 2 saturated heterocycles. The number of nitrogens with one attached hydrogen (secondary N) is 1. The SMILES string of the molecule is COC(=O)N[C@@H]1[C@H](N)CN(c2ccncc2Cc2ncc3ccc(-c4c(F)cc(C5(C#N)CCOCC5)cc4F)nn23)C[C@@H]1C. The first-order valence-corrected chi connectivity index (χ1v) is 14.8. The number of imidazole rings is 1. The Morgan fingerprint density at radius 3 is 2.64 bits per heavy atom. The van der Waals surface area contributed by atoms with Crippen LogP contribution in [0.15, 0.2) is 48.9 Å². The predicted octanol–water partition coefficient (Wildman–Crippen LogP) is 3.74. The van der Waals surface area contributed by atoms with Crippen LogP contribution in [0.2, 0.25) is 0 Å². The van der Waals surface area contributed by atoms with Gasteiger partial charge in [-0.15, -0.1) is 0 Å². The van der Waals surface area contributed by atoms with Crippen LogP contribution >= 0.6 is 0 Å². The van der Waals surface area contributed by atoms with Gasteiger partial charge in [-0.1, -0.05) is 6.92 Å². The zero-order chi connectivity index (χ0) is 31.7. The first-order chi connectivity index (χ1) is 21.7. The van der Waals surface area contributed by atoms with Crippen LogP contribution in [-0.2, 0) is 21.3 Å². The van der Waals surface area contributed by atoms with Gasteiger partial charge in [0.25, 0.3) is 0 Å². The molecule has 2 fully saturated rings. The van der Waals surface area contributed by atoms with E-state index in [2.05, 4.69) is 31.4 Å². The molecule has 3 N–H and O–H groups in total. The second-order valence-corrected chi connectivity index (χ2v) is 11.7. The standard InChI is InChI=1S/C32H34F2N8O3/c1-19-16-41(17-25(36)30(19)39-31(43)44-2)27-5-8-37-14-20(27)11-28-38-15-22-3-4-26(40-42(22)28)29-23(33)12-21(13-24(29)34)32(18-35)6-9-45-10-7-32/h3-5,8,12-15,19,25,30H,6-7,9-11,16-17,36H2,1-2H3,(H,39,43)/t19-,25+,30-/m0/s1. The fourth-order valence-corrected chi connectivity index (χ4v) is 6.47. The molecule has 2 aliphatic rings. The highest BCUT2D eigenvalue weighted by Gasteiger charge is 2.37. The van der Waals surface area contributed by atoms with Crippen molar-refractivity contribution in [3.8, 4) is 17.3 Å². The van der Waals surface area contributed by atoms with Gasteiger partial charge in [-0.3, -0.25) is 4.98 Å². The Hall–Kier alpha value is -4.67. The van der Waals surface area contributed by atoms with E-state index in [0.717, 1.165) is 11.3 Å². The number of hydrogen-bond donors (Lipinski definition) is 2.